The van der Waals surface area contributed by atoms with Crippen LogP contribution in [0.15, 0.2) is 34.9 Å². The summed E-state index contributed by atoms with van der Waals surface area (Å²) < 4.78 is 5.02. The summed E-state index contributed by atoms with van der Waals surface area (Å²) in [6.07, 6.45) is 0. The van der Waals surface area contributed by atoms with Gasteiger partial charge >= 0.3 is 0 Å². The van der Waals surface area contributed by atoms with Crippen molar-refractivity contribution in [3.8, 4) is 0 Å². The molecule has 2 aromatic heterocycles. The van der Waals surface area contributed by atoms with E-state index in [1.165, 1.54) is 23.1 Å². The zero-order valence-corrected chi connectivity index (χ0v) is 15.0. The van der Waals surface area contributed by atoms with Gasteiger partial charge in [0.2, 0.25) is 16.9 Å². The second-order valence-corrected chi connectivity index (χ2v) is 7.14. The largest absolute Gasteiger partial charge is 0.374 e. The highest BCUT2D eigenvalue weighted by atomic mass is 32.2. The van der Waals surface area contributed by atoms with Gasteiger partial charge < -0.3 is 15.6 Å². The third-order valence-corrected chi connectivity index (χ3v) is 4.90. The van der Waals surface area contributed by atoms with Crippen LogP contribution in [0.25, 0.3) is 0 Å². The number of rotatable bonds is 7. The molecule has 0 unspecified atom stereocenters. The van der Waals surface area contributed by atoms with Gasteiger partial charge in [-0.15, -0.1) is 22.0 Å². The number of hydrogen-bond donors (Lipinski definition) is 2. The smallest absolute Gasteiger partial charge is 0.236 e. The lowest BCUT2D eigenvalue weighted by Crippen LogP contribution is -2.30. The molecule has 0 aliphatic rings. The SMILES string of the molecule is Cc1noc(CSCC(=O)N[C@@H](c2ccccc2)c2nnc(N)s2)n1. The van der Waals surface area contributed by atoms with E-state index in [1.807, 2.05) is 30.3 Å². The predicted molar refractivity (Wildman–Crippen MR) is 95.9 cm³/mol. The first-order valence-corrected chi connectivity index (χ1v) is 9.39. The number of thioether (sulfide) groups is 1. The summed E-state index contributed by atoms with van der Waals surface area (Å²) in [4.78, 5) is 16.4. The van der Waals surface area contributed by atoms with E-state index in [9.17, 15) is 4.79 Å². The molecule has 2 heterocycles. The Morgan fingerprint density at radius 3 is 2.80 bits per heavy atom. The molecule has 0 spiro atoms. The Hall–Kier alpha value is -2.46. The molecule has 25 heavy (non-hydrogen) atoms. The Labute approximate surface area is 152 Å². The van der Waals surface area contributed by atoms with E-state index in [1.54, 1.807) is 6.92 Å². The Bertz CT molecular complexity index is 835. The molecular weight excluding hydrogens is 360 g/mol. The van der Waals surface area contributed by atoms with Gasteiger partial charge in [0, 0.05) is 0 Å². The molecule has 1 atom stereocenters. The number of anilines is 1. The molecule has 0 aliphatic heterocycles. The van der Waals surface area contributed by atoms with Gasteiger partial charge in [-0.1, -0.05) is 46.8 Å². The molecule has 0 radical (unpaired) electrons. The maximum Gasteiger partial charge on any atom is 0.236 e. The van der Waals surface area contributed by atoms with Crippen molar-refractivity contribution < 1.29 is 9.32 Å². The highest BCUT2D eigenvalue weighted by Crippen LogP contribution is 2.26. The van der Waals surface area contributed by atoms with E-state index in [0.717, 1.165) is 5.56 Å². The minimum Gasteiger partial charge on any atom is -0.374 e. The van der Waals surface area contributed by atoms with E-state index in [2.05, 4.69) is 25.7 Å². The number of amides is 1. The minimum absolute atomic E-state index is 0.121. The molecule has 1 amide bonds. The fourth-order valence-corrected chi connectivity index (χ4v) is 3.48. The predicted octanol–water partition coefficient (Wildman–Crippen LogP) is 1.95. The first kappa shape index (κ1) is 17.4. The van der Waals surface area contributed by atoms with Gasteiger partial charge in [-0.2, -0.15) is 4.98 Å². The van der Waals surface area contributed by atoms with Crippen LogP contribution in [-0.2, 0) is 10.5 Å². The lowest BCUT2D eigenvalue weighted by atomic mass is 10.1. The van der Waals surface area contributed by atoms with E-state index in [4.69, 9.17) is 10.3 Å². The van der Waals surface area contributed by atoms with Gasteiger partial charge in [0.05, 0.1) is 11.5 Å². The van der Waals surface area contributed by atoms with E-state index >= 15 is 0 Å². The van der Waals surface area contributed by atoms with Crippen LogP contribution in [0.4, 0.5) is 5.13 Å². The second kappa shape index (κ2) is 8.08. The maximum atomic E-state index is 12.3. The van der Waals surface area contributed by atoms with Crippen molar-refractivity contribution in [1.29, 1.82) is 0 Å². The topological polar surface area (TPSA) is 120 Å². The summed E-state index contributed by atoms with van der Waals surface area (Å²) in [5.74, 6) is 1.71. The van der Waals surface area contributed by atoms with Crippen molar-refractivity contribution in [2.45, 2.75) is 18.7 Å². The zero-order valence-electron chi connectivity index (χ0n) is 13.4. The number of aryl methyl sites for hydroxylation is 1. The summed E-state index contributed by atoms with van der Waals surface area (Å²) in [5, 5.41) is 15.6. The van der Waals surface area contributed by atoms with Gasteiger partial charge in [0.1, 0.15) is 11.0 Å². The Balaban J connectivity index is 1.62. The van der Waals surface area contributed by atoms with Crippen LogP contribution in [0.1, 0.15) is 28.3 Å². The normalized spacial score (nSPS) is 12.0. The average molecular weight is 376 g/mol. The van der Waals surface area contributed by atoms with Gasteiger partial charge in [-0.3, -0.25) is 4.79 Å². The average Bonchev–Trinajstić information content (AvgIpc) is 3.22. The quantitative estimate of drug-likeness (QED) is 0.642. The molecule has 0 saturated carbocycles. The molecular formula is C15H16N6O2S2. The fourth-order valence-electron chi connectivity index (χ4n) is 2.13. The van der Waals surface area contributed by atoms with Crippen molar-refractivity contribution in [2.24, 2.45) is 0 Å². The first-order valence-electron chi connectivity index (χ1n) is 7.42. The number of hydrogen-bond acceptors (Lipinski definition) is 9. The molecule has 130 valence electrons. The number of nitrogens with zero attached hydrogens (tertiary/aromatic N) is 4. The second-order valence-electron chi connectivity index (χ2n) is 5.12. The molecule has 3 rings (SSSR count). The van der Waals surface area contributed by atoms with Crippen LogP contribution in [0.3, 0.4) is 0 Å². The van der Waals surface area contributed by atoms with Crippen LogP contribution < -0.4 is 11.1 Å². The summed E-state index contributed by atoms with van der Waals surface area (Å²) in [7, 11) is 0. The number of benzene rings is 1. The van der Waals surface area contributed by atoms with Gasteiger partial charge in [-0.25, -0.2) is 0 Å². The van der Waals surface area contributed by atoms with Crippen LogP contribution in [0.2, 0.25) is 0 Å². The van der Waals surface area contributed by atoms with Crippen molar-refractivity contribution in [1.82, 2.24) is 25.7 Å². The van der Waals surface area contributed by atoms with Crippen LogP contribution in [0.5, 0.6) is 0 Å². The van der Waals surface area contributed by atoms with E-state index < -0.39 is 0 Å². The van der Waals surface area contributed by atoms with Crippen LogP contribution in [-0.4, -0.2) is 32.0 Å². The van der Waals surface area contributed by atoms with Crippen molar-refractivity contribution >= 4 is 34.1 Å². The highest BCUT2D eigenvalue weighted by Gasteiger charge is 2.21. The lowest BCUT2D eigenvalue weighted by molar-refractivity contribution is -0.119. The number of nitrogens with two attached hydrogens (primary N) is 1. The fraction of sp³-hybridized carbons (Fsp3) is 0.267. The molecule has 0 bridgehead atoms. The summed E-state index contributed by atoms with van der Waals surface area (Å²) in [6, 6.07) is 9.21. The third kappa shape index (κ3) is 4.77. The lowest BCUT2D eigenvalue weighted by Gasteiger charge is -2.16. The molecule has 0 saturated heterocycles. The third-order valence-electron chi connectivity index (χ3n) is 3.17. The van der Waals surface area contributed by atoms with Crippen LogP contribution in [0, 0.1) is 6.92 Å². The molecule has 10 heteroatoms. The van der Waals surface area contributed by atoms with Gasteiger partial charge in [-0.05, 0) is 12.5 Å². The highest BCUT2D eigenvalue weighted by molar-refractivity contribution is 7.99. The molecule has 1 aromatic carbocycles. The summed E-state index contributed by atoms with van der Waals surface area (Å²) in [5.41, 5.74) is 6.60. The Kier molecular flexibility index (Phi) is 5.61. The molecule has 3 aromatic rings. The van der Waals surface area contributed by atoms with Crippen molar-refractivity contribution in [2.75, 3.05) is 11.5 Å². The monoisotopic (exact) mass is 376 g/mol. The van der Waals surface area contributed by atoms with E-state index in [0.29, 0.717) is 27.6 Å². The van der Waals surface area contributed by atoms with Crippen LogP contribution >= 0.6 is 23.1 Å². The maximum absolute atomic E-state index is 12.3. The molecule has 0 fully saturated rings. The summed E-state index contributed by atoms with van der Waals surface area (Å²) in [6.45, 7) is 1.75. The molecule has 8 nitrogen and oxygen atoms in total. The number of aromatic nitrogens is 4. The standard InChI is InChI=1S/C15H16N6O2S2/c1-9-17-12(23-21-9)8-24-7-11(22)18-13(10-5-3-2-4-6-10)14-19-20-15(16)25-14/h2-6,13H,7-8H2,1H3,(H2,16,20)(H,18,22)/t13-/m0/s1. The molecule has 3 N–H and O–H groups in total. The Morgan fingerprint density at radius 1 is 1.36 bits per heavy atom. The van der Waals surface area contributed by atoms with Gasteiger partial charge in [0.25, 0.3) is 0 Å². The van der Waals surface area contributed by atoms with Gasteiger partial charge in [0.15, 0.2) is 5.82 Å². The zero-order chi connectivity index (χ0) is 17.6. The molecule has 0 aliphatic carbocycles. The number of nitrogen functional groups attached to an aromatic ring is 1. The number of carbonyl (C=O) groups excluding carboxylic acids is 1. The first-order chi connectivity index (χ1) is 12.1. The Morgan fingerprint density at radius 2 is 2.16 bits per heavy atom. The number of nitrogens with one attached hydrogen (secondary N) is 1. The number of carbonyl (C=O) groups is 1. The van der Waals surface area contributed by atoms with Crippen molar-refractivity contribution in [3.63, 3.8) is 0 Å². The van der Waals surface area contributed by atoms with Crippen molar-refractivity contribution in [3.05, 3.63) is 52.6 Å². The van der Waals surface area contributed by atoms with E-state index in [-0.39, 0.29) is 17.7 Å². The summed E-state index contributed by atoms with van der Waals surface area (Å²) >= 11 is 2.66. The minimum atomic E-state index is -0.380.